The zero-order valence-corrected chi connectivity index (χ0v) is 13.0. The lowest BCUT2D eigenvalue weighted by atomic mass is 10.2. The highest BCUT2D eigenvalue weighted by atomic mass is 28.4. The van der Waals surface area contributed by atoms with Crippen LogP contribution in [0.15, 0.2) is 0 Å². The topological polar surface area (TPSA) is 54.0 Å². The summed E-state index contributed by atoms with van der Waals surface area (Å²) in [6.45, 7) is 2.32. The molecule has 0 radical (unpaired) electrons. The van der Waals surface area contributed by atoms with E-state index < -0.39 is 8.80 Å². The Morgan fingerprint density at radius 3 is 2.00 bits per heavy atom. The van der Waals surface area contributed by atoms with Crippen molar-refractivity contribution in [2.45, 2.75) is 45.1 Å². The lowest BCUT2D eigenvalue weighted by Crippen LogP contribution is -2.42. The molecule has 0 heterocycles. The molecule has 5 nitrogen and oxygen atoms in total. The number of ether oxygens (including phenoxy) is 1. The van der Waals surface area contributed by atoms with Crippen molar-refractivity contribution in [3.63, 3.8) is 0 Å². The van der Waals surface area contributed by atoms with Crippen LogP contribution in [0.1, 0.15) is 39.0 Å². The maximum atomic E-state index is 10.9. The van der Waals surface area contributed by atoms with Crippen LogP contribution < -0.4 is 0 Å². The van der Waals surface area contributed by atoms with Crippen molar-refractivity contribution in [3.05, 3.63) is 0 Å². The van der Waals surface area contributed by atoms with Crippen molar-refractivity contribution in [2.75, 3.05) is 27.9 Å². The van der Waals surface area contributed by atoms with Crippen LogP contribution in [0.3, 0.4) is 0 Å². The minimum Gasteiger partial charge on any atom is -0.466 e. The molecule has 6 heteroatoms. The van der Waals surface area contributed by atoms with Gasteiger partial charge in [0.2, 0.25) is 0 Å². The van der Waals surface area contributed by atoms with E-state index in [4.69, 9.17) is 18.0 Å². The van der Waals surface area contributed by atoms with E-state index in [-0.39, 0.29) is 5.97 Å². The quantitative estimate of drug-likeness (QED) is 0.330. The molecule has 0 aliphatic rings. The summed E-state index contributed by atoms with van der Waals surface area (Å²) < 4.78 is 21.0. The highest BCUT2D eigenvalue weighted by Crippen LogP contribution is 2.17. The minimum absolute atomic E-state index is 0.125. The van der Waals surface area contributed by atoms with Crippen molar-refractivity contribution >= 4 is 14.8 Å². The Morgan fingerprint density at radius 2 is 1.50 bits per heavy atom. The third-order valence-corrected chi connectivity index (χ3v) is 5.69. The summed E-state index contributed by atoms with van der Waals surface area (Å²) in [4.78, 5) is 10.9. The summed E-state index contributed by atoms with van der Waals surface area (Å²) >= 11 is 0. The molecule has 0 rings (SSSR count). The predicted molar refractivity (Wildman–Crippen MR) is 71.3 cm³/mol. The molecule has 0 aromatic carbocycles. The number of hydrogen-bond donors (Lipinski definition) is 0. The second-order valence-corrected chi connectivity index (χ2v) is 7.12. The molecular weight excluding hydrogens is 252 g/mol. The van der Waals surface area contributed by atoms with Crippen LogP contribution in [0.25, 0.3) is 0 Å². The van der Waals surface area contributed by atoms with Gasteiger partial charge in [-0.15, -0.1) is 0 Å². The van der Waals surface area contributed by atoms with Gasteiger partial charge in [0.05, 0.1) is 6.61 Å². The molecule has 0 aliphatic heterocycles. The standard InChI is InChI=1S/C12H26O5Si/c1-5-12(13)17-10-8-6-7-9-11-18(14-2,15-3)16-4/h5-11H2,1-4H3. The van der Waals surface area contributed by atoms with Gasteiger partial charge in [-0.3, -0.25) is 4.79 Å². The van der Waals surface area contributed by atoms with Crippen LogP contribution in [0.5, 0.6) is 0 Å². The van der Waals surface area contributed by atoms with Crippen LogP contribution in [0.4, 0.5) is 0 Å². The van der Waals surface area contributed by atoms with Crippen molar-refractivity contribution < 1.29 is 22.8 Å². The van der Waals surface area contributed by atoms with Gasteiger partial charge in [-0.2, -0.15) is 0 Å². The second-order valence-electron chi connectivity index (χ2n) is 4.03. The summed E-state index contributed by atoms with van der Waals surface area (Å²) in [6, 6.07) is 0.825. The van der Waals surface area contributed by atoms with Crippen LogP contribution >= 0.6 is 0 Å². The normalized spacial score (nSPS) is 11.6. The summed E-state index contributed by atoms with van der Waals surface area (Å²) in [5.41, 5.74) is 0. The van der Waals surface area contributed by atoms with Crippen LogP contribution in [0, 0.1) is 0 Å². The predicted octanol–water partition coefficient (Wildman–Crippen LogP) is 2.38. The molecule has 0 unspecified atom stereocenters. The molecule has 0 fully saturated rings. The molecule has 18 heavy (non-hydrogen) atoms. The molecule has 0 amide bonds. The van der Waals surface area contributed by atoms with Gasteiger partial charge >= 0.3 is 14.8 Å². The van der Waals surface area contributed by atoms with E-state index in [2.05, 4.69) is 0 Å². The van der Waals surface area contributed by atoms with E-state index in [0.29, 0.717) is 13.0 Å². The van der Waals surface area contributed by atoms with E-state index in [0.717, 1.165) is 31.7 Å². The van der Waals surface area contributed by atoms with Crippen molar-refractivity contribution in [1.82, 2.24) is 0 Å². The lowest BCUT2D eigenvalue weighted by molar-refractivity contribution is -0.143. The largest absolute Gasteiger partial charge is 0.500 e. The molecule has 0 aliphatic carbocycles. The van der Waals surface area contributed by atoms with Gasteiger partial charge in [-0.1, -0.05) is 19.8 Å². The highest BCUT2D eigenvalue weighted by Gasteiger charge is 2.36. The first-order valence-corrected chi connectivity index (χ1v) is 8.38. The van der Waals surface area contributed by atoms with E-state index in [1.54, 1.807) is 28.3 Å². The third-order valence-electron chi connectivity index (χ3n) is 2.86. The smallest absolute Gasteiger partial charge is 0.466 e. The maximum Gasteiger partial charge on any atom is 0.500 e. The Bertz CT molecular complexity index is 210. The Kier molecular flexibility index (Phi) is 10.2. The number of esters is 1. The SMILES string of the molecule is CCC(=O)OCCCCCC[Si](OC)(OC)OC. The fraction of sp³-hybridized carbons (Fsp3) is 0.917. The van der Waals surface area contributed by atoms with E-state index in [9.17, 15) is 4.79 Å². The molecule has 108 valence electrons. The molecule has 0 saturated carbocycles. The molecule has 0 N–H and O–H groups in total. The Labute approximate surface area is 111 Å². The molecule has 0 saturated heterocycles. The number of hydrogen-bond acceptors (Lipinski definition) is 5. The van der Waals surface area contributed by atoms with Crippen LogP contribution in [-0.2, 0) is 22.8 Å². The second kappa shape index (κ2) is 10.5. The molecule has 0 aromatic rings. The molecular formula is C12H26O5Si. The van der Waals surface area contributed by atoms with E-state index in [1.807, 2.05) is 0 Å². The van der Waals surface area contributed by atoms with Crippen molar-refractivity contribution in [1.29, 1.82) is 0 Å². The molecule has 0 aromatic heterocycles. The number of carbonyl (C=O) groups excluding carboxylic acids is 1. The van der Waals surface area contributed by atoms with Crippen LogP contribution in [0.2, 0.25) is 6.04 Å². The third kappa shape index (κ3) is 7.10. The van der Waals surface area contributed by atoms with Gasteiger partial charge in [-0.25, -0.2) is 0 Å². The first-order chi connectivity index (χ1) is 8.64. The van der Waals surface area contributed by atoms with Crippen LogP contribution in [-0.4, -0.2) is 42.7 Å². The Hall–Kier alpha value is -0.433. The molecule has 0 spiro atoms. The Morgan fingerprint density at radius 1 is 0.944 bits per heavy atom. The zero-order chi connectivity index (χ0) is 13.9. The number of carbonyl (C=O) groups is 1. The maximum absolute atomic E-state index is 10.9. The van der Waals surface area contributed by atoms with Crippen molar-refractivity contribution in [2.24, 2.45) is 0 Å². The van der Waals surface area contributed by atoms with E-state index in [1.165, 1.54) is 0 Å². The average molecular weight is 278 g/mol. The number of rotatable bonds is 11. The molecule has 0 bridgehead atoms. The highest BCUT2D eigenvalue weighted by molar-refractivity contribution is 6.60. The Balaban J connectivity index is 3.52. The average Bonchev–Trinajstić information content (AvgIpc) is 2.42. The molecule has 0 atom stereocenters. The van der Waals surface area contributed by atoms with Crippen molar-refractivity contribution in [3.8, 4) is 0 Å². The first-order valence-electron chi connectivity index (χ1n) is 6.45. The fourth-order valence-electron chi connectivity index (χ4n) is 1.64. The summed E-state index contributed by atoms with van der Waals surface area (Å²) in [5.74, 6) is -0.125. The van der Waals surface area contributed by atoms with Gasteiger partial charge in [-0.05, 0) is 12.8 Å². The van der Waals surface area contributed by atoms with Gasteiger partial charge in [0, 0.05) is 33.8 Å². The lowest BCUT2D eigenvalue weighted by Gasteiger charge is -2.24. The fourth-order valence-corrected chi connectivity index (χ4v) is 3.44. The number of unbranched alkanes of at least 4 members (excludes halogenated alkanes) is 3. The van der Waals surface area contributed by atoms with Gasteiger partial charge in [0.15, 0.2) is 0 Å². The summed E-state index contributed by atoms with van der Waals surface area (Å²) in [7, 11) is 2.49. The van der Waals surface area contributed by atoms with Gasteiger partial charge < -0.3 is 18.0 Å². The van der Waals surface area contributed by atoms with Gasteiger partial charge in [0.1, 0.15) is 0 Å². The minimum atomic E-state index is -2.39. The monoisotopic (exact) mass is 278 g/mol. The summed E-state index contributed by atoms with van der Waals surface area (Å²) in [6.07, 6.45) is 4.47. The summed E-state index contributed by atoms with van der Waals surface area (Å²) in [5, 5.41) is 0. The first kappa shape index (κ1) is 17.6. The van der Waals surface area contributed by atoms with Gasteiger partial charge in [0.25, 0.3) is 0 Å². The zero-order valence-electron chi connectivity index (χ0n) is 12.0. The van der Waals surface area contributed by atoms with E-state index >= 15 is 0 Å².